The average molecular weight is 349 g/mol. The lowest BCUT2D eigenvalue weighted by atomic mass is 10.0. The van der Waals surface area contributed by atoms with Crippen LogP contribution >= 0.6 is 12.2 Å². The van der Waals surface area contributed by atoms with Crippen molar-refractivity contribution < 1.29 is 0 Å². The van der Waals surface area contributed by atoms with Crippen LogP contribution in [-0.4, -0.2) is 48.3 Å². The van der Waals surface area contributed by atoms with E-state index >= 15 is 0 Å². The molecule has 0 radical (unpaired) electrons. The van der Waals surface area contributed by atoms with Gasteiger partial charge < -0.3 is 20.4 Å². The maximum atomic E-state index is 5.23. The molecule has 2 saturated heterocycles. The molecule has 2 aliphatic heterocycles. The Bertz CT molecular complexity index is 572. The SMILES string of the molecule is CNC(=S)Nc1nc(N2CCCCC2)cc(N2CCC[C@H](C)C2)n1. The van der Waals surface area contributed by atoms with Gasteiger partial charge in [0.1, 0.15) is 11.6 Å². The molecule has 1 aromatic rings. The van der Waals surface area contributed by atoms with Crippen LogP contribution in [0.5, 0.6) is 0 Å². The first-order valence-electron chi connectivity index (χ1n) is 9.03. The summed E-state index contributed by atoms with van der Waals surface area (Å²) in [5, 5.41) is 6.58. The smallest absolute Gasteiger partial charge is 0.232 e. The van der Waals surface area contributed by atoms with Gasteiger partial charge in [0.2, 0.25) is 5.95 Å². The van der Waals surface area contributed by atoms with Gasteiger partial charge in [0, 0.05) is 39.3 Å². The van der Waals surface area contributed by atoms with E-state index in [-0.39, 0.29) is 0 Å². The van der Waals surface area contributed by atoms with Crippen LogP contribution in [0.2, 0.25) is 0 Å². The maximum Gasteiger partial charge on any atom is 0.232 e. The molecule has 0 unspecified atom stereocenters. The van der Waals surface area contributed by atoms with Gasteiger partial charge in [-0.05, 0) is 50.2 Å². The van der Waals surface area contributed by atoms with E-state index in [0.717, 1.165) is 37.8 Å². The molecule has 132 valence electrons. The predicted octanol–water partition coefficient (Wildman–Crippen LogP) is 2.62. The van der Waals surface area contributed by atoms with Crippen molar-refractivity contribution in [2.75, 3.05) is 48.3 Å². The minimum absolute atomic E-state index is 0.545. The molecule has 24 heavy (non-hydrogen) atoms. The number of nitrogens with one attached hydrogen (secondary N) is 2. The second-order valence-corrected chi connectivity index (χ2v) is 7.26. The molecule has 6 nitrogen and oxygen atoms in total. The van der Waals surface area contributed by atoms with E-state index in [2.05, 4.69) is 33.4 Å². The van der Waals surface area contributed by atoms with E-state index in [1.807, 2.05) is 0 Å². The van der Waals surface area contributed by atoms with Gasteiger partial charge in [0.05, 0.1) is 0 Å². The highest BCUT2D eigenvalue weighted by Gasteiger charge is 2.21. The van der Waals surface area contributed by atoms with Gasteiger partial charge in [-0.1, -0.05) is 6.92 Å². The lowest BCUT2D eigenvalue weighted by Crippen LogP contribution is -2.36. The third-order valence-electron chi connectivity index (χ3n) is 4.81. The van der Waals surface area contributed by atoms with E-state index in [0.29, 0.717) is 17.0 Å². The fourth-order valence-corrected chi connectivity index (χ4v) is 3.58. The highest BCUT2D eigenvalue weighted by atomic mass is 32.1. The van der Waals surface area contributed by atoms with Crippen molar-refractivity contribution in [2.45, 2.75) is 39.0 Å². The van der Waals surface area contributed by atoms with Gasteiger partial charge in [0.15, 0.2) is 5.11 Å². The van der Waals surface area contributed by atoms with Gasteiger partial charge in [-0.2, -0.15) is 9.97 Å². The summed E-state index contributed by atoms with van der Waals surface area (Å²) >= 11 is 5.23. The molecule has 2 aliphatic rings. The van der Waals surface area contributed by atoms with Crippen molar-refractivity contribution in [2.24, 2.45) is 5.92 Å². The molecule has 7 heteroatoms. The molecule has 1 atom stereocenters. The second-order valence-electron chi connectivity index (χ2n) is 6.85. The molecule has 2 N–H and O–H groups in total. The number of thiocarbonyl (C=S) groups is 1. The Morgan fingerprint density at radius 1 is 1.08 bits per heavy atom. The molecule has 0 spiro atoms. The minimum atomic E-state index is 0.545. The first-order valence-corrected chi connectivity index (χ1v) is 9.44. The predicted molar refractivity (Wildman–Crippen MR) is 104 cm³/mol. The third-order valence-corrected chi connectivity index (χ3v) is 5.12. The van der Waals surface area contributed by atoms with Crippen LogP contribution in [0.4, 0.5) is 17.6 Å². The highest BCUT2D eigenvalue weighted by Crippen LogP contribution is 2.27. The largest absolute Gasteiger partial charge is 0.365 e. The number of rotatable bonds is 3. The number of hydrogen-bond acceptors (Lipinski definition) is 5. The van der Waals surface area contributed by atoms with Crippen molar-refractivity contribution >= 4 is 34.9 Å². The molecule has 1 aromatic heterocycles. The summed E-state index contributed by atoms with van der Waals surface area (Å²) in [7, 11) is 1.80. The molecule has 0 aromatic carbocycles. The number of piperidine rings is 2. The summed E-state index contributed by atoms with van der Waals surface area (Å²) in [5.74, 6) is 3.32. The summed E-state index contributed by atoms with van der Waals surface area (Å²) in [6.45, 7) is 6.59. The molecule has 2 fully saturated rings. The third kappa shape index (κ3) is 4.26. The van der Waals surface area contributed by atoms with Crippen molar-refractivity contribution in [3.63, 3.8) is 0 Å². The Morgan fingerprint density at radius 2 is 1.75 bits per heavy atom. The van der Waals surface area contributed by atoms with Crippen LogP contribution in [0.15, 0.2) is 6.07 Å². The van der Waals surface area contributed by atoms with Crippen molar-refractivity contribution in [1.82, 2.24) is 15.3 Å². The van der Waals surface area contributed by atoms with Crippen LogP contribution in [0.25, 0.3) is 0 Å². The summed E-state index contributed by atoms with van der Waals surface area (Å²) in [4.78, 5) is 14.2. The number of anilines is 3. The van der Waals surface area contributed by atoms with Crippen LogP contribution in [0, 0.1) is 5.92 Å². The van der Waals surface area contributed by atoms with E-state index in [4.69, 9.17) is 22.2 Å². The summed E-state index contributed by atoms with van der Waals surface area (Å²) in [6, 6.07) is 2.15. The zero-order chi connectivity index (χ0) is 16.9. The molecule has 0 amide bonds. The first kappa shape index (κ1) is 17.2. The number of hydrogen-bond donors (Lipinski definition) is 2. The van der Waals surface area contributed by atoms with Crippen molar-refractivity contribution in [1.29, 1.82) is 0 Å². The number of nitrogens with zero attached hydrogens (tertiary/aromatic N) is 4. The van der Waals surface area contributed by atoms with E-state index in [9.17, 15) is 0 Å². The van der Waals surface area contributed by atoms with Gasteiger partial charge in [-0.3, -0.25) is 0 Å². The zero-order valence-corrected chi connectivity index (χ0v) is 15.5. The molecular formula is C17H28N6S. The lowest BCUT2D eigenvalue weighted by Gasteiger charge is -2.33. The Hall–Kier alpha value is -1.63. The molecular weight excluding hydrogens is 320 g/mol. The quantitative estimate of drug-likeness (QED) is 0.814. The molecule has 3 rings (SSSR count). The van der Waals surface area contributed by atoms with Gasteiger partial charge >= 0.3 is 0 Å². The zero-order valence-electron chi connectivity index (χ0n) is 14.7. The summed E-state index contributed by atoms with van der Waals surface area (Å²) in [6.07, 6.45) is 6.31. The van der Waals surface area contributed by atoms with E-state index in [1.54, 1.807) is 7.05 Å². The lowest BCUT2D eigenvalue weighted by molar-refractivity contribution is 0.444. The van der Waals surface area contributed by atoms with Crippen molar-refractivity contribution in [3.05, 3.63) is 6.07 Å². The highest BCUT2D eigenvalue weighted by molar-refractivity contribution is 7.80. The van der Waals surface area contributed by atoms with E-state index < -0.39 is 0 Å². The van der Waals surface area contributed by atoms with Gasteiger partial charge in [-0.25, -0.2) is 0 Å². The van der Waals surface area contributed by atoms with E-state index in [1.165, 1.54) is 32.1 Å². The van der Waals surface area contributed by atoms with Gasteiger partial charge in [0.25, 0.3) is 0 Å². The van der Waals surface area contributed by atoms with Crippen molar-refractivity contribution in [3.8, 4) is 0 Å². The summed E-state index contributed by atoms with van der Waals surface area (Å²) in [5.41, 5.74) is 0. The molecule has 0 bridgehead atoms. The fourth-order valence-electron chi connectivity index (χ4n) is 3.49. The standard InChI is InChI=1S/C17H28N6S/c1-13-7-6-10-23(12-13)15-11-14(22-8-4-3-5-9-22)19-16(20-15)21-17(24)18-2/h11,13H,3-10,12H2,1-2H3,(H2,18,19,20,21,24)/t13-/m0/s1. The minimum Gasteiger partial charge on any atom is -0.365 e. The van der Waals surface area contributed by atoms with Gasteiger partial charge in [-0.15, -0.1) is 0 Å². The van der Waals surface area contributed by atoms with Crippen LogP contribution in [-0.2, 0) is 0 Å². The Kier molecular flexibility index (Phi) is 5.71. The van der Waals surface area contributed by atoms with Crippen LogP contribution < -0.4 is 20.4 Å². The summed E-state index contributed by atoms with van der Waals surface area (Å²) < 4.78 is 0. The first-order chi connectivity index (χ1) is 11.7. The average Bonchev–Trinajstić information content (AvgIpc) is 2.62. The second kappa shape index (κ2) is 7.96. The normalized spacial score (nSPS) is 21.5. The molecule has 0 saturated carbocycles. The maximum absolute atomic E-state index is 5.23. The Labute approximate surface area is 150 Å². The number of aromatic nitrogens is 2. The van der Waals surface area contributed by atoms with Crippen LogP contribution in [0.1, 0.15) is 39.0 Å². The Balaban J connectivity index is 1.87. The molecule has 0 aliphatic carbocycles. The fraction of sp³-hybridized carbons (Fsp3) is 0.706. The van der Waals surface area contributed by atoms with Crippen LogP contribution in [0.3, 0.4) is 0 Å². The Morgan fingerprint density at radius 3 is 2.42 bits per heavy atom. The topological polar surface area (TPSA) is 56.3 Å². The monoisotopic (exact) mass is 348 g/mol. The molecule has 3 heterocycles.